The molecule has 2 aliphatic carbocycles. The van der Waals surface area contributed by atoms with Crippen LogP contribution in [0, 0.1) is 0 Å². The zero-order valence-electron chi connectivity index (χ0n) is 32.2. The highest BCUT2D eigenvalue weighted by atomic mass is 33.1. The lowest BCUT2D eigenvalue weighted by atomic mass is 9.85. The molecule has 1 atom stereocenters. The largest absolute Gasteiger partial charge is 0.508 e. The van der Waals surface area contributed by atoms with E-state index in [1.165, 1.54) is 100 Å². The SMILES string of the molecule is O=C(NCCSSCCNC(=O)c1ccc(-c2c3ccc(=O)cc-3oc3cc(O)ccc23)c(C(=O)O)c1)c1ccc(C2=C3C=CC(O)C=C3Oc3cc(O)ccc32)c(C(=O)O)c1. The van der Waals surface area contributed by atoms with Crippen LogP contribution < -0.4 is 20.8 Å². The number of aliphatic hydroxyl groups is 1. The maximum atomic E-state index is 13.1. The number of carbonyl (C=O) groups is 4. The summed E-state index contributed by atoms with van der Waals surface area (Å²) in [6.07, 6.45) is 3.74. The number of aliphatic hydroxyl groups excluding tert-OH is 1. The first kappa shape index (κ1) is 41.5. The molecule has 2 amide bonds. The fourth-order valence-corrected chi connectivity index (χ4v) is 9.09. The van der Waals surface area contributed by atoms with E-state index in [0.717, 1.165) is 0 Å². The molecule has 2 heterocycles. The summed E-state index contributed by atoms with van der Waals surface area (Å²) in [7, 11) is 2.90. The number of allylic oxidation sites excluding steroid dienone is 1. The molecule has 0 fully saturated rings. The van der Waals surface area contributed by atoms with Crippen LogP contribution in [0.5, 0.6) is 17.2 Å². The number of nitrogens with one attached hydrogen (secondary N) is 2. The zero-order chi connectivity index (χ0) is 43.7. The van der Waals surface area contributed by atoms with Gasteiger partial charge in [0.15, 0.2) is 5.43 Å². The minimum Gasteiger partial charge on any atom is -0.508 e. The van der Waals surface area contributed by atoms with Gasteiger partial charge in [0.1, 0.15) is 34.4 Å². The Bertz CT molecular complexity index is 2970. The average molecular weight is 871 g/mol. The Balaban J connectivity index is 0.867. The van der Waals surface area contributed by atoms with E-state index in [4.69, 9.17) is 9.15 Å². The molecule has 0 saturated carbocycles. The normalized spacial score (nSPS) is 14.1. The topological polar surface area (TPSA) is 233 Å². The third-order valence-electron chi connectivity index (χ3n) is 10.0. The van der Waals surface area contributed by atoms with E-state index in [-0.39, 0.29) is 69.4 Å². The molecule has 4 aromatic rings. The number of phenols is 2. The van der Waals surface area contributed by atoms with Crippen LogP contribution in [0.2, 0.25) is 0 Å². The van der Waals surface area contributed by atoms with Crippen LogP contribution in [0.1, 0.15) is 52.6 Å². The summed E-state index contributed by atoms with van der Waals surface area (Å²) in [5.41, 5.74) is 3.05. The predicted molar refractivity (Wildman–Crippen MR) is 234 cm³/mol. The quantitative estimate of drug-likeness (QED) is 0.0355. The summed E-state index contributed by atoms with van der Waals surface area (Å²) >= 11 is 0. The lowest BCUT2D eigenvalue weighted by Crippen LogP contribution is -2.26. The fraction of sp³-hybridized carbons (Fsp3) is 0.109. The van der Waals surface area contributed by atoms with Gasteiger partial charge in [-0.25, -0.2) is 9.59 Å². The third-order valence-corrected chi connectivity index (χ3v) is 12.4. The second-order valence-corrected chi connectivity index (χ2v) is 16.8. The van der Waals surface area contributed by atoms with E-state index in [1.807, 2.05) is 0 Å². The number of phenolic OH excluding ortho intramolecular Hbond substituents is 2. The molecular formula is C46H34N2O12S2. The lowest BCUT2D eigenvalue weighted by Gasteiger charge is -2.28. The van der Waals surface area contributed by atoms with Gasteiger partial charge in [-0.2, -0.15) is 0 Å². The number of amides is 2. The van der Waals surface area contributed by atoms with Gasteiger partial charge in [0.2, 0.25) is 0 Å². The highest BCUT2D eigenvalue weighted by Gasteiger charge is 2.30. The summed E-state index contributed by atoms with van der Waals surface area (Å²) in [5, 5.41) is 56.9. The van der Waals surface area contributed by atoms with Gasteiger partial charge in [-0.05, 0) is 77.9 Å². The molecule has 2 aliphatic heterocycles. The minimum atomic E-state index is -1.27. The van der Waals surface area contributed by atoms with Crippen LogP contribution in [-0.2, 0) is 0 Å². The van der Waals surface area contributed by atoms with Crippen molar-refractivity contribution >= 4 is 61.9 Å². The van der Waals surface area contributed by atoms with Gasteiger partial charge in [0.05, 0.1) is 17.2 Å². The standard InChI is InChI=1S/C46H34N2O12S2/c49-25-3-9-31-37(19-25)59-38-20-26(50)4-10-32(38)41(31)29-7-1-23(17-35(29)45(55)56)43(53)47-13-15-61-62-16-14-48-44(54)24-2-8-30(36(18-24)46(57)58)42-33-11-5-27(51)21-39(33)60-40-22-28(52)6-12-34(40)42/h1-12,17-22,25,49-51H,13-16H2,(H,47,53)(H,48,54)(H,55,56)(H,57,58). The molecule has 312 valence electrons. The van der Waals surface area contributed by atoms with Crippen LogP contribution in [0.25, 0.3) is 39.0 Å². The number of carbonyl (C=O) groups excluding carboxylic acids is 2. The van der Waals surface area contributed by atoms with Gasteiger partial charge in [0, 0.05) is 87.1 Å². The van der Waals surface area contributed by atoms with Crippen LogP contribution >= 0.6 is 21.6 Å². The number of hydrogen-bond acceptors (Lipinski definition) is 12. The smallest absolute Gasteiger partial charge is 0.336 e. The Morgan fingerprint density at radius 1 is 0.677 bits per heavy atom. The van der Waals surface area contributed by atoms with Crippen molar-refractivity contribution in [1.82, 2.24) is 10.6 Å². The van der Waals surface area contributed by atoms with Crippen LogP contribution in [0.3, 0.4) is 0 Å². The molecule has 4 aromatic carbocycles. The van der Waals surface area contributed by atoms with Crippen molar-refractivity contribution in [2.75, 3.05) is 24.6 Å². The van der Waals surface area contributed by atoms with Crippen molar-refractivity contribution in [3.63, 3.8) is 0 Å². The first-order chi connectivity index (χ1) is 29.9. The minimum absolute atomic E-state index is 0.0546. The highest BCUT2D eigenvalue weighted by Crippen LogP contribution is 2.46. The lowest BCUT2D eigenvalue weighted by molar-refractivity contribution is 0.0686. The van der Waals surface area contributed by atoms with Gasteiger partial charge in [-0.1, -0.05) is 45.9 Å². The first-order valence-electron chi connectivity index (χ1n) is 19.0. The Hall–Kier alpha value is -7.27. The van der Waals surface area contributed by atoms with Gasteiger partial charge in [-0.15, -0.1) is 0 Å². The molecule has 14 nitrogen and oxygen atoms in total. The van der Waals surface area contributed by atoms with Crippen LogP contribution in [0.4, 0.5) is 0 Å². The molecule has 0 spiro atoms. The molecule has 0 bridgehead atoms. The number of benzene rings is 5. The second-order valence-electron chi connectivity index (χ2n) is 14.1. The van der Waals surface area contributed by atoms with Crippen molar-refractivity contribution in [3.05, 3.63) is 164 Å². The van der Waals surface area contributed by atoms with Gasteiger partial charge in [-0.3, -0.25) is 14.4 Å². The van der Waals surface area contributed by atoms with Gasteiger partial charge >= 0.3 is 11.9 Å². The number of ether oxygens (including phenoxy) is 1. The molecule has 0 saturated heterocycles. The van der Waals surface area contributed by atoms with Crippen LogP contribution in [-0.4, -0.2) is 80.0 Å². The molecule has 0 radical (unpaired) electrons. The Morgan fingerprint density at radius 2 is 1.27 bits per heavy atom. The van der Waals surface area contributed by atoms with E-state index in [1.54, 1.807) is 30.3 Å². The van der Waals surface area contributed by atoms with Crippen molar-refractivity contribution < 1.29 is 53.9 Å². The number of hydrogen-bond donors (Lipinski definition) is 7. The molecule has 62 heavy (non-hydrogen) atoms. The highest BCUT2D eigenvalue weighted by molar-refractivity contribution is 8.76. The summed E-state index contributed by atoms with van der Waals surface area (Å²) in [5.74, 6) is -1.83. The number of rotatable bonds is 13. The van der Waals surface area contributed by atoms with E-state index >= 15 is 0 Å². The number of fused-ring (bicyclic) bond motifs is 4. The predicted octanol–water partition coefficient (Wildman–Crippen LogP) is 6.92. The molecule has 7 N–H and O–H groups in total. The van der Waals surface area contributed by atoms with Gasteiger partial charge < -0.3 is 45.3 Å². The molecule has 1 unspecified atom stereocenters. The number of carboxylic acids is 2. The van der Waals surface area contributed by atoms with Crippen LogP contribution in [0.15, 0.2) is 130 Å². The first-order valence-corrected chi connectivity index (χ1v) is 21.4. The monoisotopic (exact) mass is 870 g/mol. The summed E-state index contributed by atoms with van der Waals surface area (Å²) in [6.45, 7) is 0.527. The molecule has 16 heteroatoms. The average Bonchev–Trinajstić information content (AvgIpc) is 3.24. The Labute approximate surface area is 359 Å². The van der Waals surface area contributed by atoms with E-state index in [9.17, 15) is 49.5 Å². The third kappa shape index (κ3) is 8.38. The zero-order valence-corrected chi connectivity index (χ0v) is 33.8. The van der Waals surface area contributed by atoms with E-state index < -0.39 is 29.9 Å². The van der Waals surface area contributed by atoms with E-state index in [0.29, 0.717) is 61.6 Å². The Morgan fingerprint density at radius 3 is 1.95 bits per heavy atom. The summed E-state index contributed by atoms with van der Waals surface area (Å²) in [4.78, 5) is 63.5. The van der Waals surface area contributed by atoms with Crippen molar-refractivity contribution in [2.24, 2.45) is 0 Å². The number of aromatic carboxylic acids is 2. The maximum Gasteiger partial charge on any atom is 0.336 e. The number of carboxylic acid groups (broad SMARTS) is 2. The van der Waals surface area contributed by atoms with E-state index in [2.05, 4.69) is 10.6 Å². The fourth-order valence-electron chi connectivity index (χ4n) is 7.27. The molecule has 4 aliphatic rings. The molecule has 8 rings (SSSR count). The number of aromatic hydroxyl groups is 2. The second kappa shape index (κ2) is 17.4. The summed E-state index contributed by atoms with van der Waals surface area (Å²) in [6, 6.07) is 21.8. The Kier molecular flexibility index (Phi) is 11.6. The maximum absolute atomic E-state index is 13.1. The molecule has 0 aromatic heterocycles. The van der Waals surface area contributed by atoms with Crippen molar-refractivity contribution in [3.8, 4) is 39.7 Å². The molecular weight excluding hydrogens is 837 g/mol. The summed E-state index contributed by atoms with van der Waals surface area (Å²) < 4.78 is 11.8. The van der Waals surface area contributed by atoms with Crippen molar-refractivity contribution in [2.45, 2.75) is 6.10 Å². The van der Waals surface area contributed by atoms with Gasteiger partial charge in [0.25, 0.3) is 11.8 Å². The van der Waals surface area contributed by atoms with Crippen molar-refractivity contribution in [1.29, 1.82) is 0 Å².